The molecule has 2 aromatic rings. The number of H-pyrrole nitrogens is 2. The Bertz CT molecular complexity index is 599. The monoisotopic (exact) mass is 236 g/mol. The van der Waals surface area contributed by atoms with Crippen molar-refractivity contribution in [3.05, 3.63) is 33.4 Å². The van der Waals surface area contributed by atoms with E-state index in [-0.39, 0.29) is 0 Å². The van der Waals surface area contributed by atoms with E-state index in [2.05, 4.69) is 19.9 Å². The van der Waals surface area contributed by atoms with Crippen LogP contribution in [0.4, 0.5) is 0 Å². The fraction of sp³-hybridized carbons (Fsp3) is 0.111. The van der Waals surface area contributed by atoms with Gasteiger partial charge in [0.15, 0.2) is 10.6 Å². The van der Waals surface area contributed by atoms with Gasteiger partial charge in [-0.25, -0.2) is 9.97 Å². The highest BCUT2D eigenvalue weighted by molar-refractivity contribution is 7.71. The summed E-state index contributed by atoms with van der Waals surface area (Å²) in [6.45, 7) is 1.93. The SMILES string of the molecule is Cc1cc(=S)nc(-c2ccnc(=S)[nH]2)[nH]1. The molecule has 0 unspecified atom stereocenters. The molecular formula is C9H8N4S2. The summed E-state index contributed by atoms with van der Waals surface area (Å²) in [5.41, 5.74) is 1.74. The van der Waals surface area contributed by atoms with Gasteiger partial charge in [0.05, 0.1) is 5.69 Å². The predicted octanol–water partition coefficient (Wildman–Crippen LogP) is 2.57. The van der Waals surface area contributed by atoms with E-state index < -0.39 is 0 Å². The summed E-state index contributed by atoms with van der Waals surface area (Å²) in [4.78, 5) is 14.2. The molecule has 0 spiro atoms. The number of rotatable bonds is 1. The summed E-state index contributed by atoms with van der Waals surface area (Å²) in [5.74, 6) is 0.675. The van der Waals surface area contributed by atoms with E-state index in [9.17, 15) is 0 Å². The van der Waals surface area contributed by atoms with Gasteiger partial charge in [0.2, 0.25) is 0 Å². The zero-order valence-corrected chi connectivity index (χ0v) is 9.58. The summed E-state index contributed by atoms with van der Waals surface area (Å²) in [5, 5.41) is 0. The Morgan fingerprint density at radius 3 is 2.73 bits per heavy atom. The average Bonchev–Trinajstić information content (AvgIpc) is 2.16. The lowest BCUT2D eigenvalue weighted by atomic mass is 10.3. The highest BCUT2D eigenvalue weighted by Gasteiger charge is 2.00. The fourth-order valence-corrected chi connectivity index (χ4v) is 1.65. The molecule has 2 heterocycles. The molecule has 0 saturated heterocycles. The smallest absolute Gasteiger partial charge is 0.197 e. The van der Waals surface area contributed by atoms with Crippen molar-refractivity contribution < 1.29 is 0 Å². The van der Waals surface area contributed by atoms with Gasteiger partial charge in [0, 0.05) is 11.9 Å². The minimum absolute atomic E-state index is 0.426. The zero-order chi connectivity index (χ0) is 10.8. The molecule has 2 rings (SSSR count). The van der Waals surface area contributed by atoms with Crippen LogP contribution in [0.3, 0.4) is 0 Å². The molecule has 2 aromatic heterocycles. The van der Waals surface area contributed by atoms with E-state index in [1.54, 1.807) is 18.3 Å². The molecule has 76 valence electrons. The van der Waals surface area contributed by atoms with E-state index in [4.69, 9.17) is 24.4 Å². The Morgan fingerprint density at radius 2 is 2.07 bits per heavy atom. The zero-order valence-electron chi connectivity index (χ0n) is 7.94. The molecule has 2 N–H and O–H groups in total. The van der Waals surface area contributed by atoms with Crippen molar-refractivity contribution in [1.29, 1.82) is 0 Å². The number of hydrogen-bond donors (Lipinski definition) is 2. The predicted molar refractivity (Wildman–Crippen MR) is 62.6 cm³/mol. The van der Waals surface area contributed by atoms with Crippen molar-refractivity contribution in [3.63, 3.8) is 0 Å². The molecule has 0 amide bonds. The van der Waals surface area contributed by atoms with Crippen LogP contribution >= 0.6 is 24.4 Å². The standard InChI is InChI=1S/C9H8N4S2/c1-5-4-7(14)13-8(11-5)6-2-3-10-9(15)12-6/h2-4H,1H3,(H,10,12,15)(H,11,13,14). The average molecular weight is 236 g/mol. The first-order valence-corrected chi connectivity index (χ1v) is 5.10. The minimum atomic E-state index is 0.426. The second-order valence-electron chi connectivity index (χ2n) is 3.04. The van der Waals surface area contributed by atoms with Crippen molar-refractivity contribution in [2.24, 2.45) is 0 Å². The van der Waals surface area contributed by atoms with Crippen LogP contribution in [0.5, 0.6) is 0 Å². The van der Waals surface area contributed by atoms with E-state index in [1.807, 2.05) is 6.92 Å². The number of aromatic nitrogens is 4. The maximum atomic E-state index is 5.03. The van der Waals surface area contributed by atoms with E-state index in [1.165, 1.54) is 0 Å². The van der Waals surface area contributed by atoms with Gasteiger partial charge in [-0.15, -0.1) is 0 Å². The minimum Gasteiger partial charge on any atom is -0.342 e. The molecule has 0 bridgehead atoms. The number of nitrogens with one attached hydrogen (secondary N) is 2. The Labute approximate surface area is 96.4 Å². The second kappa shape index (κ2) is 4.00. The van der Waals surface area contributed by atoms with Gasteiger partial charge >= 0.3 is 0 Å². The molecule has 15 heavy (non-hydrogen) atoms. The van der Waals surface area contributed by atoms with Gasteiger partial charge < -0.3 is 9.97 Å². The Hall–Kier alpha value is -1.40. The van der Waals surface area contributed by atoms with Gasteiger partial charge in [-0.3, -0.25) is 0 Å². The van der Waals surface area contributed by atoms with Crippen molar-refractivity contribution in [2.45, 2.75) is 6.92 Å². The van der Waals surface area contributed by atoms with Crippen molar-refractivity contribution in [1.82, 2.24) is 19.9 Å². The quantitative estimate of drug-likeness (QED) is 0.747. The first kappa shape index (κ1) is 10.1. The molecule has 0 fully saturated rings. The number of nitrogens with zero attached hydrogens (tertiary/aromatic N) is 2. The van der Waals surface area contributed by atoms with E-state index in [0.29, 0.717) is 15.2 Å². The topological polar surface area (TPSA) is 57.4 Å². The van der Waals surface area contributed by atoms with Crippen LogP contribution in [0.2, 0.25) is 0 Å². The highest BCUT2D eigenvalue weighted by Crippen LogP contribution is 2.10. The van der Waals surface area contributed by atoms with Crippen LogP contribution in [0.25, 0.3) is 11.5 Å². The first-order chi connectivity index (χ1) is 7.15. The molecule has 0 aromatic carbocycles. The molecule has 0 atom stereocenters. The van der Waals surface area contributed by atoms with Crippen LogP contribution in [-0.2, 0) is 0 Å². The van der Waals surface area contributed by atoms with Gasteiger partial charge in [-0.1, -0.05) is 12.2 Å². The molecule has 4 nitrogen and oxygen atoms in total. The van der Waals surface area contributed by atoms with Crippen LogP contribution in [0.15, 0.2) is 18.3 Å². The summed E-state index contributed by atoms with van der Waals surface area (Å²) < 4.78 is 0.979. The summed E-state index contributed by atoms with van der Waals surface area (Å²) in [6.07, 6.45) is 1.63. The summed E-state index contributed by atoms with van der Waals surface area (Å²) >= 11 is 9.96. The molecule has 0 aliphatic rings. The van der Waals surface area contributed by atoms with Crippen molar-refractivity contribution in [3.8, 4) is 11.5 Å². The highest BCUT2D eigenvalue weighted by atomic mass is 32.1. The van der Waals surface area contributed by atoms with Crippen LogP contribution in [0.1, 0.15) is 5.69 Å². The lowest BCUT2D eigenvalue weighted by Gasteiger charge is -2.02. The largest absolute Gasteiger partial charge is 0.342 e. The second-order valence-corrected chi connectivity index (χ2v) is 3.84. The molecular weight excluding hydrogens is 228 g/mol. The maximum absolute atomic E-state index is 5.03. The molecule has 0 aliphatic carbocycles. The third-order valence-corrected chi connectivity index (χ3v) is 2.22. The molecule has 6 heteroatoms. The van der Waals surface area contributed by atoms with Crippen LogP contribution in [-0.4, -0.2) is 19.9 Å². The lowest BCUT2D eigenvalue weighted by molar-refractivity contribution is 1.05. The van der Waals surface area contributed by atoms with E-state index in [0.717, 1.165) is 11.4 Å². The lowest BCUT2D eigenvalue weighted by Crippen LogP contribution is -1.95. The maximum Gasteiger partial charge on any atom is 0.197 e. The van der Waals surface area contributed by atoms with Crippen LogP contribution < -0.4 is 0 Å². The van der Waals surface area contributed by atoms with Crippen molar-refractivity contribution in [2.75, 3.05) is 0 Å². The number of aryl methyl sites for hydroxylation is 1. The fourth-order valence-electron chi connectivity index (χ4n) is 1.21. The third-order valence-electron chi connectivity index (χ3n) is 1.81. The van der Waals surface area contributed by atoms with Gasteiger partial charge in [0.25, 0.3) is 0 Å². The molecule has 0 aliphatic heterocycles. The number of aromatic amines is 2. The molecule has 0 saturated carbocycles. The van der Waals surface area contributed by atoms with Gasteiger partial charge in [0.1, 0.15) is 4.64 Å². The first-order valence-electron chi connectivity index (χ1n) is 4.29. The van der Waals surface area contributed by atoms with Crippen LogP contribution in [0, 0.1) is 16.3 Å². The van der Waals surface area contributed by atoms with Crippen molar-refractivity contribution >= 4 is 24.4 Å². The third kappa shape index (κ3) is 2.34. The summed E-state index contributed by atoms with van der Waals surface area (Å²) in [6, 6.07) is 3.59. The summed E-state index contributed by atoms with van der Waals surface area (Å²) in [7, 11) is 0. The van der Waals surface area contributed by atoms with Gasteiger partial charge in [-0.2, -0.15) is 0 Å². The Morgan fingerprint density at radius 1 is 1.27 bits per heavy atom. The Balaban J connectivity index is 2.64. The van der Waals surface area contributed by atoms with E-state index >= 15 is 0 Å². The number of hydrogen-bond acceptors (Lipinski definition) is 4. The molecule has 0 radical (unpaired) electrons. The Kier molecular flexibility index (Phi) is 2.70. The normalized spacial score (nSPS) is 10.2. The van der Waals surface area contributed by atoms with Gasteiger partial charge in [-0.05, 0) is 31.3 Å².